The molecule has 0 bridgehead atoms. The van der Waals surface area contributed by atoms with Gasteiger partial charge >= 0.3 is 0 Å². The zero-order valence-electron chi connectivity index (χ0n) is 14.9. The first kappa shape index (κ1) is 17.2. The highest BCUT2D eigenvalue weighted by Gasteiger charge is 2.38. The summed E-state index contributed by atoms with van der Waals surface area (Å²) in [5, 5.41) is 5.78. The van der Waals surface area contributed by atoms with E-state index in [-0.39, 0.29) is 30.1 Å². The smallest absolute Gasteiger partial charge is 0.253 e. The van der Waals surface area contributed by atoms with Crippen LogP contribution in [0.2, 0.25) is 0 Å². The maximum atomic E-state index is 12.8. The summed E-state index contributed by atoms with van der Waals surface area (Å²) in [6.07, 6.45) is 4.17. The Labute approximate surface area is 153 Å². The molecule has 6 heteroatoms. The number of nitrogens with one attached hydrogen (secondary N) is 2. The standard InChI is InChI=1S/C20H25N3O3/c24-17-12-16(18(25)22-17)11-14-1-3-15(4-2-14)19(26)23-9-6-20(7-10-23)5-8-21-13-20/h1-4,16,21H,5-13H2,(H,22,24,25). The Balaban J connectivity index is 1.35. The molecule has 3 heterocycles. The van der Waals surface area contributed by atoms with Gasteiger partial charge in [-0.25, -0.2) is 0 Å². The predicted octanol–water partition coefficient (Wildman–Crippen LogP) is 1.11. The second-order valence-corrected chi connectivity index (χ2v) is 7.93. The van der Waals surface area contributed by atoms with Crippen LogP contribution in [0.15, 0.2) is 24.3 Å². The van der Waals surface area contributed by atoms with E-state index < -0.39 is 0 Å². The molecule has 1 aromatic carbocycles. The minimum atomic E-state index is -0.289. The lowest BCUT2D eigenvalue weighted by Crippen LogP contribution is -2.44. The van der Waals surface area contributed by atoms with Gasteiger partial charge in [0.25, 0.3) is 5.91 Å². The average Bonchev–Trinajstić information content (AvgIpc) is 3.22. The molecule has 26 heavy (non-hydrogen) atoms. The number of carbonyl (C=O) groups excluding carboxylic acids is 3. The Hall–Kier alpha value is -2.21. The first-order chi connectivity index (χ1) is 12.5. The lowest BCUT2D eigenvalue weighted by Gasteiger charge is -2.38. The zero-order valence-corrected chi connectivity index (χ0v) is 14.9. The molecule has 0 saturated carbocycles. The molecule has 1 unspecified atom stereocenters. The second kappa shape index (κ2) is 6.83. The van der Waals surface area contributed by atoms with Gasteiger partial charge in [0.2, 0.25) is 11.8 Å². The van der Waals surface area contributed by atoms with Crippen LogP contribution in [0.4, 0.5) is 0 Å². The monoisotopic (exact) mass is 355 g/mol. The van der Waals surface area contributed by atoms with Crippen LogP contribution in [-0.2, 0) is 16.0 Å². The third-order valence-corrected chi connectivity index (χ3v) is 6.19. The van der Waals surface area contributed by atoms with Crippen molar-refractivity contribution in [3.05, 3.63) is 35.4 Å². The van der Waals surface area contributed by atoms with Gasteiger partial charge in [-0.15, -0.1) is 0 Å². The Morgan fingerprint density at radius 1 is 1.12 bits per heavy atom. The van der Waals surface area contributed by atoms with Gasteiger partial charge in [0.1, 0.15) is 0 Å². The summed E-state index contributed by atoms with van der Waals surface area (Å²) in [4.78, 5) is 37.7. The number of benzene rings is 1. The van der Waals surface area contributed by atoms with Gasteiger partial charge < -0.3 is 10.2 Å². The molecular weight excluding hydrogens is 330 g/mol. The van der Waals surface area contributed by atoms with E-state index in [1.165, 1.54) is 6.42 Å². The quantitative estimate of drug-likeness (QED) is 0.796. The van der Waals surface area contributed by atoms with E-state index in [9.17, 15) is 14.4 Å². The first-order valence-corrected chi connectivity index (χ1v) is 9.47. The van der Waals surface area contributed by atoms with Crippen molar-refractivity contribution in [3.63, 3.8) is 0 Å². The number of piperidine rings is 1. The molecule has 138 valence electrons. The number of amides is 3. The number of likely N-dealkylation sites (tertiary alicyclic amines) is 1. The van der Waals surface area contributed by atoms with E-state index in [4.69, 9.17) is 0 Å². The minimum absolute atomic E-state index is 0.0890. The minimum Gasteiger partial charge on any atom is -0.339 e. The summed E-state index contributed by atoms with van der Waals surface area (Å²) in [5.41, 5.74) is 2.08. The fraction of sp³-hybridized carbons (Fsp3) is 0.550. The Morgan fingerprint density at radius 3 is 2.42 bits per heavy atom. The molecule has 4 rings (SSSR count). The Kier molecular flexibility index (Phi) is 4.53. The molecule has 3 fully saturated rings. The maximum absolute atomic E-state index is 12.8. The molecule has 0 aliphatic carbocycles. The normalized spacial score (nSPS) is 24.9. The van der Waals surface area contributed by atoms with E-state index >= 15 is 0 Å². The Bertz CT molecular complexity index is 712. The summed E-state index contributed by atoms with van der Waals surface area (Å²) < 4.78 is 0. The average molecular weight is 355 g/mol. The fourth-order valence-electron chi connectivity index (χ4n) is 4.43. The maximum Gasteiger partial charge on any atom is 0.253 e. The molecule has 0 aromatic heterocycles. The summed E-state index contributed by atoms with van der Waals surface area (Å²) in [5.74, 6) is -0.598. The van der Waals surface area contributed by atoms with Crippen LogP contribution in [0.3, 0.4) is 0 Å². The molecule has 3 saturated heterocycles. The fourth-order valence-corrected chi connectivity index (χ4v) is 4.43. The van der Waals surface area contributed by atoms with Crippen molar-refractivity contribution in [1.82, 2.24) is 15.5 Å². The number of carbonyl (C=O) groups is 3. The first-order valence-electron chi connectivity index (χ1n) is 9.47. The van der Waals surface area contributed by atoms with Crippen LogP contribution < -0.4 is 10.6 Å². The van der Waals surface area contributed by atoms with Gasteiger partial charge in [-0.05, 0) is 55.3 Å². The number of imide groups is 1. The topological polar surface area (TPSA) is 78.5 Å². The van der Waals surface area contributed by atoms with Crippen LogP contribution in [-0.4, -0.2) is 48.8 Å². The molecule has 2 N–H and O–H groups in total. The lowest BCUT2D eigenvalue weighted by atomic mass is 9.78. The number of nitrogens with zero attached hydrogens (tertiary/aromatic N) is 1. The van der Waals surface area contributed by atoms with Gasteiger partial charge in [0.05, 0.1) is 5.92 Å². The summed E-state index contributed by atoms with van der Waals surface area (Å²) >= 11 is 0. The predicted molar refractivity (Wildman–Crippen MR) is 96.5 cm³/mol. The third-order valence-electron chi connectivity index (χ3n) is 6.19. The van der Waals surface area contributed by atoms with Gasteiger partial charge in [0, 0.05) is 31.6 Å². The molecule has 1 spiro atoms. The van der Waals surface area contributed by atoms with Crippen molar-refractivity contribution < 1.29 is 14.4 Å². The number of hydrogen-bond donors (Lipinski definition) is 2. The molecule has 3 amide bonds. The SMILES string of the molecule is O=C1CC(Cc2ccc(C(=O)N3CCC4(CCNC4)CC3)cc2)C(=O)N1. The van der Waals surface area contributed by atoms with Crippen LogP contribution in [0.1, 0.15) is 41.6 Å². The van der Waals surface area contributed by atoms with Gasteiger partial charge in [0.15, 0.2) is 0 Å². The molecule has 6 nitrogen and oxygen atoms in total. The Morgan fingerprint density at radius 2 is 1.85 bits per heavy atom. The van der Waals surface area contributed by atoms with E-state index in [2.05, 4.69) is 10.6 Å². The summed E-state index contributed by atoms with van der Waals surface area (Å²) in [6.45, 7) is 3.83. The van der Waals surface area contributed by atoms with Crippen LogP contribution >= 0.6 is 0 Å². The van der Waals surface area contributed by atoms with Gasteiger partial charge in [-0.2, -0.15) is 0 Å². The van der Waals surface area contributed by atoms with Crippen LogP contribution in [0.5, 0.6) is 0 Å². The molecular formula is C20H25N3O3. The van der Waals surface area contributed by atoms with Crippen molar-refractivity contribution in [2.45, 2.75) is 32.1 Å². The molecule has 3 aliphatic rings. The molecule has 1 atom stereocenters. The van der Waals surface area contributed by atoms with Gasteiger partial charge in [-0.1, -0.05) is 12.1 Å². The van der Waals surface area contributed by atoms with Crippen molar-refractivity contribution in [1.29, 1.82) is 0 Å². The summed E-state index contributed by atoms with van der Waals surface area (Å²) in [7, 11) is 0. The third kappa shape index (κ3) is 3.38. The van der Waals surface area contributed by atoms with Crippen molar-refractivity contribution in [3.8, 4) is 0 Å². The lowest BCUT2D eigenvalue weighted by molar-refractivity contribution is -0.125. The van der Waals surface area contributed by atoms with E-state index in [1.807, 2.05) is 29.2 Å². The highest BCUT2D eigenvalue weighted by molar-refractivity contribution is 6.03. The second-order valence-electron chi connectivity index (χ2n) is 7.93. The zero-order chi connectivity index (χ0) is 18.1. The van der Waals surface area contributed by atoms with E-state index in [1.54, 1.807) is 0 Å². The molecule has 0 radical (unpaired) electrons. The highest BCUT2D eigenvalue weighted by Crippen LogP contribution is 2.37. The van der Waals surface area contributed by atoms with Crippen molar-refractivity contribution in [2.24, 2.45) is 11.3 Å². The van der Waals surface area contributed by atoms with E-state index in [0.29, 0.717) is 17.4 Å². The van der Waals surface area contributed by atoms with Crippen LogP contribution in [0, 0.1) is 11.3 Å². The molecule has 3 aliphatic heterocycles. The van der Waals surface area contributed by atoms with Gasteiger partial charge in [-0.3, -0.25) is 19.7 Å². The van der Waals surface area contributed by atoms with Crippen molar-refractivity contribution in [2.75, 3.05) is 26.2 Å². The van der Waals surface area contributed by atoms with Crippen molar-refractivity contribution >= 4 is 17.7 Å². The molecule has 1 aromatic rings. The number of rotatable bonds is 3. The van der Waals surface area contributed by atoms with E-state index in [0.717, 1.165) is 44.6 Å². The highest BCUT2D eigenvalue weighted by atomic mass is 16.2. The largest absolute Gasteiger partial charge is 0.339 e. The summed E-state index contributed by atoms with van der Waals surface area (Å²) in [6, 6.07) is 7.48. The van der Waals surface area contributed by atoms with Crippen LogP contribution in [0.25, 0.3) is 0 Å². The number of hydrogen-bond acceptors (Lipinski definition) is 4.